The van der Waals surface area contributed by atoms with E-state index in [2.05, 4.69) is 10.3 Å². The number of nitrogens with two attached hydrogens (primary N) is 1. The van der Waals surface area contributed by atoms with Gasteiger partial charge in [-0.1, -0.05) is 25.0 Å². The molecule has 1 saturated carbocycles. The van der Waals surface area contributed by atoms with Crippen molar-refractivity contribution in [3.8, 4) is 17.0 Å². The highest BCUT2D eigenvalue weighted by Gasteiger charge is 2.37. The number of para-hydroxylation sites is 1. The first-order valence-corrected chi connectivity index (χ1v) is 8.19. The molecule has 1 heterocycles. The van der Waals surface area contributed by atoms with Crippen LogP contribution >= 0.6 is 11.3 Å². The molecule has 2 aromatic rings. The predicted molar refractivity (Wildman–Crippen MR) is 88.1 cm³/mol. The molecule has 1 aliphatic carbocycles. The smallest absolute Gasteiger partial charge is 0.246 e. The summed E-state index contributed by atoms with van der Waals surface area (Å²) in [7, 11) is 1.63. The molecule has 0 spiro atoms. The molecule has 1 amide bonds. The van der Waals surface area contributed by atoms with Gasteiger partial charge in [0.1, 0.15) is 5.75 Å². The van der Waals surface area contributed by atoms with E-state index in [0.29, 0.717) is 5.13 Å². The van der Waals surface area contributed by atoms with Crippen LogP contribution in [0.3, 0.4) is 0 Å². The Labute approximate surface area is 133 Å². The van der Waals surface area contributed by atoms with Crippen molar-refractivity contribution in [1.82, 2.24) is 4.98 Å². The molecule has 0 aliphatic heterocycles. The summed E-state index contributed by atoms with van der Waals surface area (Å²) in [5.41, 5.74) is 7.11. The second kappa shape index (κ2) is 6.06. The number of nitrogens with zero attached hydrogens (tertiary/aromatic N) is 1. The van der Waals surface area contributed by atoms with Crippen molar-refractivity contribution >= 4 is 22.4 Å². The molecule has 116 valence electrons. The fourth-order valence-electron chi connectivity index (χ4n) is 2.77. The van der Waals surface area contributed by atoms with Crippen LogP contribution in [0.5, 0.6) is 5.75 Å². The summed E-state index contributed by atoms with van der Waals surface area (Å²) in [6.07, 6.45) is 3.50. The molecule has 0 unspecified atom stereocenters. The first-order chi connectivity index (χ1) is 10.6. The summed E-state index contributed by atoms with van der Waals surface area (Å²) in [5, 5.41) is 5.33. The topological polar surface area (TPSA) is 77.2 Å². The summed E-state index contributed by atoms with van der Waals surface area (Å²) in [5.74, 6) is 0.627. The van der Waals surface area contributed by atoms with E-state index in [9.17, 15) is 4.79 Å². The molecule has 1 fully saturated rings. The van der Waals surface area contributed by atoms with Gasteiger partial charge in [-0.15, -0.1) is 11.3 Å². The van der Waals surface area contributed by atoms with Crippen LogP contribution in [-0.4, -0.2) is 23.5 Å². The lowest BCUT2D eigenvalue weighted by molar-refractivity contribution is -0.121. The van der Waals surface area contributed by atoms with Gasteiger partial charge in [-0.3, -0.25) is 4.79 Å². The minimum Gasteiger partial charge on any atom is -0.496 e. The third-order valence-corrected chi connectivity index (χ3v) is 4.81. The van der Waals surface area contributed by atoms with Crippen molar-refractivity contribution in [2.24, 2.45) is 5.73 Å². The molecule has 0 bridgehead atoms. The van der Waals surface area contributed by atoms with E-state index in [1.54, 1.807) is 7.11 Å². The molecule has 3 rings (SSSR count). The summed E-state index contributed by atoms with van der Waals surface area (Å²) >= 11 is 1.40. The number of benzene rings is 1. The fourth-order valence-corrected chi connectivity index (χ4v) is 3.47. The summed E-state index contributed by atoms with van der Waals surface area (Å²) in [4.78, 5) is 16.8. The quantitative estimate of drug-likeness (QED) is 0.908. The molecule has 3 N–H and O–H groups in total. The van der Waals surface area contributed by atoms with Gasteiger partial charge in [-0.25, -0.2) is 4.98 Å². The normalized spacial score (nSPS) is 16.5. The van der Waals surface area contributed by atoms with Gasteiger partial charge in [0, 0.05) is 10.9 Å². The number of carbonyl (C=O) groups excluding carboxylic acids is 1. The molecular formula is C16H19N3O2S. The van der Waals surface area contributed by atoms with Crippen molar-refractivity contribution in [3.05, 3.63) is 29.6 Å². The molecule has 1 aliphatic rings. The Morgan fingerprint density at radius 1 is 1.36 bits per heavy atom. The van der Waals surface area contributed by atoms with Gasteiger partial charge in [0.15, 0.2) is 5.13 Å². The molecule has 22 heavy (non-hydrogen) atoms. The Morgan fingerprint density at radius 3 is 2.82 bits per heavy atom. The molecule has 1 aromatic heterocycles. The van der Waals surface area contributed by atoms with Crippen molar-refractivity contribution in [2.45, 2.75) is 31.2 Å². The van der Waals surface area contributed by atoms with Gasteiger partial charge in [-0.05, 0) is 25.0 Å². The van der Waals surface area contributed by atoms with Gasteiger partial charge in [0.2, 0.25) is 5.91 Å². The molecule has 6 heteroatoms. The Kier molecular flexibility index (Phi) is 4.13. The monoisotopic (exact) mass is 317 g/mol. The van der Waals surface area contributed by atoms with Crippen LogP contribution in [0.4, 0.5) is 5.13 Å². The lowest BCUT2D eigenvalue weighted by Crippen LogP contribution is -2.48. The molecule has 5 nitrogen and oxygen atoms in total. The third-order valence-electron chi connectivity index (χ3n) is 4.06. The highest BCUT2D eigenvalue weighted by molar-refractivity contribution is 7.14. The van der Waals surface area contributed by atoms with Gasteiger partial charge in [0.05, 0.1) is 18.3 Å². The standard InChI is InChI=1S/C16H19N3O2S/c1-21-13-7-3-2-6-11(13)12-10-22-15(18-12)19-14(20)16(17)8-4-5-9-16/h2-3,6-7,10H,4-5,8-9,17H2,1H3,(H,18,19,20). The Morgan fingerprint density at radius 2 is 2.09 bits per heavy atom. The van der Waals surface area contributed by atoms with Crippen LogP contribution in [0.2, 0.25) is 0 Å². The van der Waals surface area contributed by atoms with E-state index in [-0.39, 0.29) is 5.91 Å². The van der Waals surface area contributed by atoms with E-state index in [0.717, 1.165) is 42.7 Å². The maximum atomic E-state index is 12.3. The highest BCUT2D eigenvalue weighted by atomic mass is 32.1. The summed E-state index contributed by atoms with van der Waals surface area (Å²) in [6.45, 7) is 0. The number of nitrogens with one attached hydrogen (secondary N) is 1. The van der Waals surface area contributed by atoms with E-state index in [1.807, 2.05) is 29.6 Å². The SMILES string of the molecule is COc1ccccc1-c1csc(NC(=O)C2(N)CCCC2)n1. The maximum Gasteiger partial charge on any atom is 0.246 e. The number of anilines is 1. The number of amides is 1. The predicted octanol–water partition coefficient (Wildman–Crippen LogP) is 3.03. The Hall–Kier alpha value is -1.92. The van der Waals surface area contributed by atoms with E-state index < -0.39 is 5.54 Å². The molecule has 0 radical (unpaired) electrons. The highest BCUT2D eigenvalue weighted by Crippen LogP contribution is 2.33. The van der Waals surface area contributed by atoms with Gasteiger partial charge in [-0.2, -0.15) is 0 Å². The zero-order valence-electron chi connectivity index (χ0n) is 12.5. The van der Waals surface area contributed by atoms with Crippen molar-refractivity contribution < 1.29 is 9.53 Å². The van der Waals surface area contributed by atoms with Crippen LogP contribution in [-0.2, 0) is 4.79 Å². The third kappa shape index (κ3) is 2.84. The Bertz CT molecular complexity index is 678. The van der Waals surface area contributed by atoms with E-state index in [1.165, 1.54) is 11.3 Å². The first-order valence-electron chi connectivity index (χ1n) is 7.32. The first kappa shape index (κ1) is 15.0. The number of methoxy groups -OCH3 is 1. The van der Waals surface area contributed by atoms with Crippen LogP contribution in [0.15, 0.2) is 29.6 Å². The number of ether oxygens (including phenoxy) is 1. The lowest BCUT2D eigenvalue weighted by atomic mass is 9.98. The van der Waals surface area contributed by atoms with E-state index >= 15 is 0 Å². The van der Waals surface area contributed by atoms with Crippen LogP contribution in [0.1, 0.15) is 25.7 Å². The largest absolute Gasteiger partial charge is 0.496 e. The van der Waals surface area contributed by atoms with Crippen molar-refractivity contribution in [1.29, 1.82) is 0 Å². The number of hydrogen-bond donors (Lipinski definition) is 2. The number of aromatic nitrogens is 1. The van der Waals surface area contributed by atoms with Crippen LogP contribution < -0.4 is 15.8 Å². The van der Waals surface area contributed by atoms with Gasteiger partial charge < -0.3 is 15.8 Å². The fraction of sp³-hybridized carbons (Fsp3) is 0.375. The van der Waals surface area contributed by atoms with E-state index in [4.69, 9.17) is 10.5 Å². The second-order valence-corrected chi connectivity index (χ2v) is 6.41. The second-order valence-electron chi connectivity index (χ2n) is 5.56. The summed E-state index contributed by atoms with van der Waals surface area (Å²) < 4.78 is 5.34. The average Bonchev–Trinajstić information content (AvgIpc) is 3.17. The number of thiazole rings is 1. The number of carbonyl (C=O) groups is 1. The number of rotatable bonds is 4. The van der Waals surface area contributed by atoms with Crippen molar-refractivity contribution in [2.75, 3.05) is 12.4 Å². The zero-order valence-corrected chi connectivity index (χ0v) is 13.3. The summed E-state index contributed by atoms with van der Waals surface area (Å²) in [6, 6.07) is 7.68. The molecular weight excluding hydrogens is 298 g/mol. The molecule has 0 atom stereocenters. The van der Waals surface area contributed by atoms with Crippen LogP contribution in [0, 0.1) is 0 Å². The Balaban J connectivity index is 1.78. The lowest BCUT2D eigenvalue weighted by Gasteiger charge is -2.21. The minimum atomic E-state index is -0.740. The maximum absolute atomic E-state index is 12.3. The van der Waals surface area contributed by atoms with Gasteiger partial charge in [0.25, 0.3) is 0 Å². The van der Waals surface area contributed by atoms with Crippen molar-refractivity contribution in [3.63, 3.8) is 0 Å². The zero-order chi connectivity index (χ0) is 15.6. The molecule has 0 saturated heterocycles. The minimum absolute atomic E-state index is 0.133. The van der Waals surface area contributed by atoms with Gasteiger partial charge >= 0.3 is 0 Å². The molecule has 1 aromatic carbocycles. The van der Waals surface area contributed by atoms with Crippen LogP contribution in [0.25, 0.3) is 11.3 Å². The number of hydrogen-bond acceptors (Lipinski definition) is 5. The average molecular weight is 317 g/mol.